The predicted octanol–water partition coefficient (Wildman–Crippen LogP) is 5.18. The molecule has 0 aromatic heterocycles. The maximum Gasteiger partial charge on any atom is 0.253 e. The Bertz CT molecular complexity index is 951. The van der Waals surface area contributed by atoms with Gasteiger partial charge in [-0.05, 0) is 80.6 Å². The van der Waals surface area contributed by atoms with E-state index in [4.69, 9.17) is 16.3 Å². The van der Waals surface area contributed by atoms with Gasteiger partial charge in [-0.1, -0.05) is 11.6 Å². The van der Waals surface area contributed by atoms with E-state index in [0.29, 0.717) is 55.3 Å². The van der Waals surface area contributed by atoms with E-state index in [1.165, 1.54) is 18.6 Å². The maximum absolute atomic E-state index is 13.3. The van der Waals surface area contributed by atoms with Crippen molar-refractivity contribution in [3.8, 4) is 5.75 Å². The van der Waals surface area contributed by atoms with Crippen molar-refractivity contribution in [1.29, 1.82) is 0 Å². The number of halogens is 2. The molecule has 0 saturated carbocycles. The first kappa shape index (κ1) is 23.6. The molecular formula is C26H30ClFN2O3. The average molecular weight is 473 g/mol. The standard InChI is InChI=1S/C26H30ClFN2O3/c27-21-6-4-20(5-7-21)25(32)30-16-12-26(13-17-30,18-24(31)29-14-2-1-3-15-29)19-33-23-10-8-22(28)9-11-23/h4-11H,1-3,12-19H2. The zero-order valence-corrected chi connectivity index (χ0v) is 19.5. The molecule has 2 amide bonds. The Kier molecular flexibility index (Phi) is 7.53. The van der Waals surface area contributed by atoms with Crippen LogP contribution in [0.4, 0.5) is 4.39 Å². The molecule has 2 saturated heterocycles. The molecule has 2 aliphatic rings. The van der Waals surface area contributed by atoms with Crippen LogP contribution < -0.4 is 4.74 Å². The minimum absolute atomic E-state index is 0.0259. The molecule has 0 N–H and O–H groups in total. The zero-order chi connectivity index (χ0) is 23.3. The molecule has 0 radical (unpaired) electrons. The third-order valence-corrected chi connectivity index (χ3v) is 7.05. The lowest BCUT2D eigenvalue weighted by molar-refractivity contribution is -0.136. The van der Waals surface area contributed by atoms with Gasteiger partial charge < -0.3 is 14.5 Å². The van der Waals surface area contributed by atoms with Crippen LogP contribution in [0.1, 0.15) is 48.9 Å². The third-order valence-electron chi connectivity index (χ3n) is 6.80. The van der Waals surface area contributed by atoms with Gasteiger partial charge in [-0.25, -0.2) is 4.39 Å². The zero-order valence-electron chi connectivity index (χ0n) is 18.8. The fourth-order valence-corrected chi connectivity index (χ4v) is 4.80. The quantitative estimate of drug-likeness (QED) is 0.581. The van der Waals surface area contributed by atoms with Crippen LogP contribution in [-0.4, -0.2) is 54.4 Å². The van der Waals surface area contributed by atoms with Gasteiger partial charge in [0.25, 0.3) is 5.91 Å². The minimum Gasteiger partial charge on any atom is -0.493 e. The SMILES string of the molecule is O=C(CC1(COc2ccc(F)cc2)CCN(C(=O)c2ccc(Cl)cc2)CC1)N1CCCCC1. The van der Waals surface area contributed by atoms with Crippen LogP contribution in [0.15, 0.2) is 48.5 Å². The molecule has 0 unspecified atom stereocenters. The monoisotopic (exact) mass is 472 g/mol. The number of amides is 2. The van der Waals surface area contributed by atoms with Crippen molar-refractivity contribution in [2.75, 3.05) is 32.8 Å². The van der Waals surface area contributed by atoms with E-state index in [1.807, 2.05) is 9.80 Å². The predicted molar refractivity (Wildman–Crippen MR) is 126 cm³/mol. The molecule has 2 heterocycles. The number of rotatable bonds is 6. The second kappa shape index (κ2) is 10.6. The van der Waals surface area contributed by atoms with Crippen LogP contribution >= 0.6 is 11.6 Å². The molecule has 33 heavy (non-hydrogen) atoms. The molecule has 2 aromatic rings. The summed E-state index contributed by atoms with van der Waals surface area (Å²) < 4.78 is 19.3. The van der Waals surface area contributed by atoms with Crippen molar-refractivity contribution in [1.82, 2.24) is 9.80 Å². The van der Waals surface area contributed by atoms with Crippen LogP contribution in [0.2, 0.25) is 5.02 Å². The molecule has 2 fully saturated rings. The number of ether oxygens (including phenoxy) is 1. The van der Waals surface area contributed by atoms with E-state index in [0.717, 1.165) is 25.9 Å². The van der Waals surface area contributed by atoms with Crippen molar-refractivity contribution < 1.29 is 18.7 Å². The smallest absolute Gasteiger partial charge is 0.253 e. The summed E-state index contributed by atoms with van der Waals surface area (Å²) in [5.74, 6) is 0.407. The highest BCUT2D eigenvalue weighted by Gasteiger charge is 2.40. The molecule has 0 spiro atoms. The van der Waals surface area contributed by atoms with Crippen molar-refractivity contribution in [3.05, 3.63) is 64.9 Å². The van der Waals surface area contributed by atoms with Gasteiger partial charge in [0.05, 0.1) is 6.61 Å². The van der Waals surface area contributed by atoms with Crippen molar-refractivity contribution in [2.24, 2.45) is 5.41 Å². The summed E-state index contributed by atoms with van der Waals surface area (Å²) in [6, 6.07) is 12.9. The molecule has 2 aliphatic heterocycles. The number of likely N-dealkylation sites (tertiary alicyclic amines) is 2. The molecule has 0 bridgehead atoms. The first-order valence-electron chi connectivity index (χ1n) is 11.7. The summed E-state index contributed by atoms with van der Waals surface area (Å²) in [6.07, 6.45) is 5.02. The van der Waals surface area contributed by atoms with Gasteiger partial charge in [-0.3, -0.25) is 9.59 Å². The second-order valence-electron chi connectivity index (χ2n) is 9.16. The fourth-order valence-electron chi connectivity index (χ4n) is 4.67. The molecule has 2 aromatic carbocycles. The summed E-state index contributed by atoms with van der Waals surface area (Å²) in [7, 11) is 0. The fraction of sp³-hybridized carbons (Fsp3) is 0.462. The van der Waals surface area contributed by atoms with Crippen LogP contribution in [0.5, 0.6) is 5.75 Å². The van der Waals surface area contributed by atoms with E-state index in [2.05, 4.69) is 0 Å². The summed E-state index contributed by atoms with van der Waals surface area (Å²) in [6.45, 7) is 3.11. The number of hydrogen-bond acceptors (Lipinski definition) is 3. The summed E-state index contributed by atoms with van der Waals surface area (Å²) >= 11 is 5.95. The van der Waals surface area contributed by atoms with Crippen LogP contribution in [0, 0.1) is 11.2 Å². The number of benzene rings is 2. The van der Waals surface area contributed by atoms with Gasteiger partial charge in [0.1, 0.15) is 11.6 Å². The molecule has 7 heteroatoms. The van der Waals surface area contributed by atoms with Crippen molar-refractivity contribution in [2.45, 2.75) is 38.5 Å². The lowest BCUT2D eigenvalue weighted by atomic mass is 9.75. The molecule has 176 valence electrons. The van der Waals surface area contributed by atoms with Gasteiger partial charge in [-0.15, -0.1) is 0 Å². The van der Waals surface area contributed by atoms with E-state index in [9.17, 15) is 14.0 Å². The number of nitrogens with zero attached hydrogens (tertiary/aromatic N) is 2. The van der Waals surface area contributed by atoms with Crippen molar-refractivity contribution >= 4 is 23.4 Å². The topological polar surface area (TPSA) is 49.9 Å². The number of carbonyl (C=O) groups is 2. The molecule has 0 atom stereocenters. The van der Waals surface area contributed by atoms with Gasteiger partial charge in [0.2, 0.25) is 5.91 Å². The molecular weight excluding hydrogens is 443 g/mol. The lowest BCUT2D eigenvalue weighted by Gasteiger charge is -2.42. The van der Waals surface area contributed by atoms with Gasteiger partial charge in [-0.2, -0.15) is 0 Å². The summed E-state index contributed by atoms with van der Waals surface area (Å²) in [5, 5.41) is 0.596. The first-order valence-corrected chi connectivity index (χ1v) is 12.0. The Balaban J connectivity index is 1.44. The highest BCUT2D eigenvalue weighted by Crippen LogP contribution is 2.37. The normalized spacial score (nSPS) is 18.1. The van der Waals surface area contributed by atoms with E-state index in [-0.39, 0.29) is 23.0 Å². The first-order chi connectivity index (χ1) is 15.9. The largest absolute Gasteiger partial charge is 0.493 e. The van der Waals surface area contributed by atoms with Crippen LogP contribution in [-0.2, 0) is 4.79 Å². The third kappa shape index (κ3) is 6.05. The summed E-state index contributed by atoms with van der Waals surface area (Å²) in [4.78, 5) is 29.9. The Labute approximate surface area is 199 Å². The van der Waals surface area contributed by atoms with Gasteiger partial charge in [0, 0.05) is 48.6 Å². The number of hydrogen-bond donors (Lipinski definition) is 0. The molecule has 4 rings (SSSR count). The van der Waals surface area contributed by atoms with Gasteiger partial charge >= 0.3 is 0 Å². The average Bonchev–Trinajstić information content (AvgIpc) is 2.85. The molecule has 5 nitrogen and oxygen atoms in total. The Hall–Kier alpha value is -2.60. The molecule has 0 aliphatic carbocycles. The van der Waals surface area contributed by atoms with E-state index < -0.39 is 0 Å². The highest BCUT2D eigenvalue weighted by atomic mass is 35.5. The maximum atomic E-state index is 13.3. The summed E-state index contributed by atoms with van der Waals surface area (Å²) in [5.41, 5.74) is 0.249. The van der Waals surface area contributed by atoms with Gasteiger partial charge in [0.15, 0.2) is 0 Å². The number of piperidine rings is 2. The minimum atomic E-state index is -0.361. The second-order valence-corrected chi connectivity index (χ2v) is 9.60. The number of carbonyl (C=O) groups excluding carboxylic acids is 2. The van der Waals surface area contributed by atoms with Crippen LogP contribution in [0.25, 0.3) is 0 Å². The lowest BCUT2D eigenvalue weighted by Crippen LogP contribution is -2.48. The van der Waals surface area contributed by atoms with Crippen molar-refractivity contribution in [3.63, 3.8) is 0 Å². The Morgan fingerprint density at radius 3 is 2.15 bits per heavy atom. The van der Waals surface area contributed by atoms with E-state index in [1.54, 1.807) is 36.4 Å². The Morgan fingerprint density at radius 1 is 0.879 bits per heavy atom. The van der Waals surface area contributed by atoms with E-state index >= 15 is 0 Å². The highest BCUT2D eigenvalue weighted by molar-refractivity contribution is 6.30. The van der Waals surface area contributed by atoms with Crippen LogP contribution in [0.3, 0.4) is 0 Å². The Morgan fingerprint density at radius 2 is 1.52 bits per heavy atom.